The highest BCUT2D eigenvalue weighted by Gasteiger charge is 2.11. The number of nitrogens with zero attached hydrogens (tertiary/aromatic N) is 4. The summed E-state index contributed by atoms with van der Waals surface area (Å²) in [5, 5.41) is 10.6. The van der Waals surface area contributed by atoms with Gasteiger partial charge in [-0.2, -0.15) is 5.10 Å². The van der Waals surface area contributed by atoms with Crippen molar-refractivity contribution in [2.24, 2.45) is 7.05 Å². The van der Waals surface area contributed by atoms with Crippen molar-refractivity contribution in [3.8, 4) is 0 Å². The van der Waals surface area contributed by atoms with E-state index >= 15 is 0 Å². The molecule has 0 aromatic carbocycles. The maximum absolute atomic E-state index is 4.61. The summed E-state index contributed by atoms with van der Waals surface area (Å²) in [4.78, 5) is 9.22. The molecule has 3 aromatic rings. The van der Waals surface area contributed by atoms with Crippen molar-refractivity contribution in [1.82, 2.24) is 19.7 Å². The molecule has 0 radical (unpaired) electrons. The smallest absolute Gasteiger partial charge is 0.163 e. The van der Waals surface area contributed by atoms with E-state index < -0.39 is 0 Å². The van der Waals surface area contributed by atoms with Gasteiger partial charge in [-0.1, -0.05) is 6.07 Å². The minimum Gasteiger partial charge on any atom is -0.370 e. The summed E-state index contributed by atoms with van der Waals surface area (Å²) < 4.78 is 3.07. The predicted octanol–water partition coefficient (Wildman–Crippen LogP) is 3.15. The van der Waals surface area contributed by atoms with Crippen molar-refractivity contribution in [2.75, 3.05) is 11.9 Å². The van der Waals surface area contributed by atoms with Crippen LogP contribution in [0.25, 0.3) is 11.0 Å². The highest BCUT2D eigenvalue weighted by atomic mass is 32.2. The number of thiophene rings is 1. The summed E-state index contributed by atoms with van der Waals surface area (Å²) in [6.07, 6.45) is 1.81. The van der Waals surface area contributed by atoms with Gasteiger partial charge >= 0.3 is 0 Å². The van der Waals surface area contributed by atoms with E-state index in [1.807, 2.05) is 13.2 Å². The lowest BCUT2D eigenvalue weighted by atomic mass is 10.4. The third kappa shape index (κ3) is 2.64. The van der Waals surface area contributed by atoms with Crippen LogP contribution in [0.1, 0.15) is 12.7 Å². The molecule has 0 aliphatic rings. The number of nitrogens with one attached hydrogen (secondary N) is 1. The van der Waals surface area contributed by atoms with E-state index in [0.717, 1.165) is 35.0 Å². The third-order valence-corrected chi connectivity index (χ3v) is 4.95. The van der Waals surface area contributed by atoms with E-state index in [9.17, 15) is 0 Å². The topological polar surface area (TPSA) is 55.6 Å². The van der Waals surface area contributed by atoms with Crippen LogP contribution < -0.4 is 5.32 Å². The average Bonchev–Trinajstić information content (AvgIpc) is 3.08. The Morgan fingerprint density at radius 3 is 3.05 bits per heavy atom. The molecule has 0 fully saturated rings. The molecule has 0 bridgehead atoms. The Morgan fingerprint density at radius 2 is 2.30 bits per heavy atom. The van der Waals surface area contributed by atoms with Gasteiger partial charge in [0.05, 0.1) is 21.5 Å². The molecule has 0 spiro atoms. The van der Waals surface area contributed by atoms with Crippen LogP contribution in [0.2, 0.25) is 0 Å². The maximum atomic E-state index is 4.61. The second kappa shape index (κ2) is 5.80. The minimum atomic E-state index is 0.764. The Bertz CT molecular complexity index is 705. The first-order chi connectivity index (χ1) is 9.78. The Kier molecular flexibility index (Phi) is 3.88. The van der Waals surface area contributed by atoms with Crippen molar-refractivity contribution in [3.63, 3.8) is 0 Å². The van der Waals surface area contributed by atoms with E-state index in [1.165, 1.54) is 4.21 Å². The molecule has 5 nitrogen and oxygen atoms in total. The Hall–Kier alpha value is -1.60. The number of rotatable bonds is 5. The van der Waals surface area contributed by atoms with Crippen molar-refractivity contribution in [2.45, 2.75) is 16.9 Å². The summed E-state index contributed by atoms with van der Waals surface area (Å²) in [5.74, 6) is 2.46. The number of hydrogen-bond acceptors (Lipinski definition) is 6. The van der Waals surface area contributed by atoms with Crippen molar-refractivity contribution < 1.29 is 0 Å². The van der Waals surface area contributed by atoms with Crippen LogP contribution in [0.3, 0.4) is 0 Å². The second-order valence-electron chi connectivity index (χ2n) is 4.24. The standard InChI is InChI=1S/C13H15N5S2/c1-3-14-12-9-7-15-18(2)13(9)17-10(16-12)8-20-11-5-4-6-19-11/h4-7H,3,8H2,1-2H3,(H,14,16,17). The first-order valence-electron chi connectivity index (χ1n) is 6.36. The monoisotopic (exact) mass is 305 g/mol. The van der Waals surface area contributed by atoms with Gasteiger partial charge in [0.25, 0.3) is 0 Å². The lowest BCUT2D eigenvalue weighted by molar-refractivity contribution is 0.782. The van der Waals surface area contributed by atoms with E-state index in [4.69, 9.17) is 0 Å². The van der Waals surface area contributed by atoms with E-state index in [1.54, 1.807) is 27.8 Å². The number of anilines is 1. The Morgan fingerprint density at radius 1 is 1.40 bits per heavy atom. The molecule has 0 saturated heterocycles. The average molecular weight is 305 g/mol. The molecule has 3 heterocycles. The van der Waals surface area contributed by atoms with Crippen molar-refractivity contribution >= 4 is 39.9 Å². The molecular formula is C13H15N5S2. The second-order valence-corrected chi connectivity index (χ2v) is 6.47. The lowest BCUT2D eigenvalue weighted by Gasteiger charge is -2.06. The van der Waals surface area contributed by atoms with Crippen LogP contribution in [0, 0.1) is 0 Å². The molecule has 1 N–H and O–H groups in total. The normalized spacial score (nSPS) is 11.1. The molecule has 0 aliphatic heterocycles. The first-order valence-corrected chi connectivity index (χ1v) is 8.23. The third-order valence-electron chi connectivity index (χ3n) is 2.82. The molecule has 0 atom stereocenters. The van der Waals surface area contributed by atoms with E-state index in [-0.39, 0.29) is 0 Å². The zero-order chi connectivity index (χ0) is 13.9. The molecule has 0 amide bonds. The maximum Gasteiger partial charge on any atom is 0.163 e. The van der Waals surface area contributed by atoms with Gasteiger partial charge in [0.2, 0.25) is 0 Å². The summed E-state index contributed by atoms with van der Waals surface area (Å²) in [6, 6.07) is 4.17. The van der Waals surface area contributed by atoms with Gasteiger partial charge in [-0.15, -0.1) is 23.1 Å². The number of hydrogen-bond donors (Lipinski definition) is 1. The highest BCUT2D eigenvalue weighted by molar-refractivity contribution is 8.00. The number of aromatic nitrogens is 4. The van der Waals surface area contributed by atoms with Gasteiger partial charge in [-0.05, 0) is 18.4 Å². The predicted molar refractivity (Wildman–Crippen MR) is 84.3 cm³/mol. The fourth-order valence-electron chi connectivity index (χ4n) is 1.92. The largest absolute Gasteiger partial charge is 0.370 e. The zero-order valence-corrected chi connectivity index (χ0v) is 13.0. The molecular weight excluding hydrogens is 290 g/mol. The molecule has 7 heteroatoms. The zero-order valence-electron chi connectivity index (χ0n) is 11.3. The number of thioether (sulfide) groups is 1. The van der Waals surface area contributed by atoms with Gasteiger partial charge in [0.1, 0.15) is 11.6 Å². The Labute approximate surface area is 125 Å². The molecule has 20 heavy (non-hydrogen) atoms. The molecule has 0 aliphatic carbocycles. The molecule has 3 aromatic heterocycles. The van der Waals surface area contributed by atoms with Crippen LogP contribution >= 0.6 is 23.1 Å². The van der Waals surface area contributed by atoms with E-state index in [0.29, 0.717) is 0 Å². The van der Waals surface area contributed by atoms with Gasteiger partial charge in [-0.3, -0.25) is 4.68 Å². The number of aryl methyl sites for hydroxylation is 1. The van der Waals surface area contributed by atoms with Crippen molar-refractivity contribution in [3.05, 3.63) is 29.5 Å². The summed E-state index contributed by atoms with van der Waals surface area (Å²) in [5.41, 5.74) is 0.873. The summed E-state index contributed by atoms with van der Waals surface area (Å²) in [7, 11) is 1.90. The van der Waals surface area contributed by atoms with E-state index in [2.05, 4.69) is 44.8 Å². The fourth-order valence-corrected chi connectivity index (χ4v) is 3.55. The molecule has 0 unspecified atom stereocenters. The molecule has 0 saturated carbocycles. The van der Waals surface area contributed by atoms with Crippen LogP contribution in [0.4, 0.5) is 5.82 Å². The van der Waals surface area contributed by atoms with Gasteiger partial charge in [-0.25, -0.2) is 9.97 Å². The highest BCUT2D eigenvalue weighted by Crippen LogP contribution is 2.27. The minimum absolute atomic E-state index is 0.764. The van der Waals surface area contributed by atoms with Crippen LogP contribution in [0.5, 0.6) is 0 Å². The SMILES string of the molecule is CCNc1nc(CSc2cccs2)nc2c1cnn2C. The quantitative estimate of drug-likeness (QED) is 0.734. The van der Waals surface area contributed by atoms with Gasteiger partial charge in [0.15, 0.2) is 5.65 Å². The molecule has 3 rings (SSSR count). The molecule has 104 valence electrons. The van der Waals surface area contributed by atoms with Gasteiger partial charge < -0.3 is 5.32 Å². The number of fused-ring (bicyclic) bond motifs is 1. The van der Waals surface area contributed by atoms with Crippen LogP contribution in [0.15, 0.2) is 27.9 Å². The Balaban J connectivity index is 1.91. The van der Waals surface area contributed by atoms with Crippen LogP contribution in [-0.2, 0) is 12.8 Å². The lowest BCUT2D eigenvalue weighted by Crippen LogP contribution is -2.05. The fraction of sp³-hybridized carbons (Fsp3) is 0.308. The summed E-state index contributed by atoms with van der Waals surface area (Å²) >= 11 is 3.50. The van der Waals surface area contributed by atoms with Crippen LogP contribution in [-0.4, -0.2) is 26.3 Å². The first kappa shape index (κ1) is 13.4. The van der Waals surface area contributed by atoms with Gasteiger partial charge in [0, 0.05) is 13.6 Å². The summed E-state index contributed by atoms with van der Waals surface area (Å²) in [6.45, 7) is 2.89. The van der Waals surface area contributed by atoms with Crippen molar-refractivity contribution in [1.29, 1.82) is 0 Å².